The molecule has 3 N–H and O–H groups in total. The van der Waals surface area contributed by atoms with Gasteiger partial charge in [0, 0.05) is 19.6 Å². The first-order valence-electron chi connectivity index (χ1n) is 9.62. The SMILES string of the molecule is CC(C)[C@H](N)C(=O)NCC(=O)N1CCC(OCCN2CCCC2)CC1. The van der Waals surface area contributed by atoms with Gasteiger partial charge in [-0.1, -0.05) is 13.8 Å². The minimum absolute atomic E-state index is 0.0275. The lowest BCUT2D eigenvalue weighted by Gasteiger charge is -2.32. The summed E-state index contributed by atoms with van der Waals surface area (Å²) in [5.74, 6) is -0.244. The summed E-state index contributed by atoms with van der Waals surface area (Å²) < 4.78 is 5.96. The standard InChI is InChI=1S/C18H34N4O3/c1-14(2)17(19)18(24)20-13-16(23)22-9-5-15(6-10-22)25-12-11-21-7-3-4-8-21/h14-15,17H,3-13,19H2,1-2H3,(H,20,24)/t17-/m0/s1. The van der Waals surface area contributed by atoms with E-state index >= 15 is 0 Å². The lowest BCUT2D eigenvalue weighted by molar-refractivity contribution is -0.135. The van der Waals surface area contributed by atoms with Crippen molar-refractivity contribution in [3.05, 3.63) is 0 Å². The Labute approximate surface area is 151 Å². The molecule has 2 amide bonds. The van der Waals surface area contributed by atoms with E-state index in [0.29, 0.717) is 13.1 Å². The second-order valence-electron chi connectivity index (χ2n) is 7.49. The van der Waals surface area contributed by atoms with Crippen molar-refractivity contribution >= 4 is 11.8 Å². The predicted octanol–water partition coefficient (Wildman–Crippen LogP) is 0.189. The number of likely N-dealkylation sites (tertiary alicyclic amines) is 2. The molecule has 0 aliphatic carbocycles. The van der Waals surface area contributed by atoms with Gasteiger partial charge in [-0.2, -0.15) is 0 Å². The lowest BCUT2D eigenvalue weighted by atomic mass is 10.1. The van der Waals surface area contributed by atoms with Crippen LogP contribution in [0.3, 0.4) is 0 Å². The highest BCUT2D eigenvalue weighted by Gasteiger charge is 2.24. The van der Waals surface area contributed by atoms with Crippen LogP contribution in [-0.4, -0.2) is 79.6 Å². The van der Waals surface area contributed by atoms with E-state index in [9.17, 15) is 9.59 Å². The van der Waals surface area contributed by atoms with Crippen molar-refractivity contribution in [2.45, 2.75) is 51.7 Å². The van der Waals surface area contributed by atoms with Gasteiger partial charge in [0.1, 0.15) is 0 Å². The zero-order valence-electron chi connectivity index (χ0n) is 15.7. The van der Waals surface area contributed by atoms with Gasteiger partial charge in [-0.25, -0.2) is 0 Å². The van der Waals surface area contributed by atoms with E-state index in [-0.39, 0.29) is 30.4 Å². The molecule has 2 aliphatic heterocycles. The smallest absolute Gasteiger partial charge is 0.241 e. The molecule has 0 aromatic heterocycles. The third kappa shape index (κ3) is 6.56. The highest BCUT2D eigenvalue weighted by molar-refractivity contribution is 5.87. The molecule has 2 aliphatic rings. The summed E-state index contributed by atoms with van der Waals surface area (Å²) in [7, 11) is 0. The fraction of sp³-hybridized carbons (Fsp3) is 0.889. The number of hydrogen-bond acceptors (Lipinski definition) is 5. The van der Waals surface area contributed by atoms with E-state index in [2.05, 4.69) is 10.2 Å². The molecule has 7 heteroatoms. The van der Waals surface area contributed by atoms with Crippen molar-refractivity contribution < 1.29 is 14.3 Å². The quantitative estimate of drug-likeness (QED) is 0.650. The first-order chi connectivity index (χ1) is 12.0. The number of ether oxygens (including phenoxy) is 1. The summed E-state index contributed by atoms with van der Waals surface area (Å²) >= 11 is 0. The minimum atomic E-state index is -0.567. The largest absolute Gasteiger partial charge is 0.377 e. The Morgan fingerprint density at radius 2 is 1.80 bits per heavy atom. The van der Waals surface area contributed by atoms with E-state index in [1.807, 2.05) is 18.7 Å². The molecule has 0 aromatic rings. The molecular formula is C18H34N4O3. The van der Waals surface area contributed by atoms with Crippen LogP contribution in [0.15, 0.2) is 0 Å². The van der Waals surface area contributed by atoms with Gasteiger partial charge < -0.3 is 25.6 Å². The lowest BCUT2D eigenvalue weighted by Crippen LogP contribution is -2.49. The Balaban J connectivity index is 1.58. The van der Waals surface area contributed by atoms with Gasteiger partial charge in [0.25, 0.3) is 0 Å². The number of nitrogens with one attached hydrogen (secondary N) is 1. The van der Waals surface area contributed by atoms with Gasteiger partial charge in [0.15, 0.2) is 0 Å². The Bertz CT molecular complexity index is 430. The van der Waals surface area contributed by atoms with Crippen LogP contribution in [0.1, 0.15) is 39.5 Å². The van der Waals surface area contributed by atoms with Crippen LogP contribution >= 0.6 is 0 Å². The fourth-order valence-corrected chi connectivity index (χ4v) is 3.32. The van der Waals surface area contributed by atoms with Gasteiger partial charge in [0.2, 0.25) is 11.8 Å². The molecule has 2 rings (SSSR count). The molecule has 0 saturated carbocycles. The number of carbonyl (C=O) groups excluding carboxylic acids is 2. The summed E-state index contributed by atoms with van der Waals surface area (Å²) in [6.45, 7) is 9.38. The zero-order chi connectivity index (χ0) is 18.2. The average Bonchev–Trinajstić information content (AvgIpc) is 3.12. The number of nitrogens with zero attached hydrogens (tertiary/aromatic N) is 2. The second kappa shape index (κ2) is 10.1. The fourth-order valence-electron chi connectivity index (χ4n) is 3.32. The van der Waals surface area contributed by atoms with E-state index in [0.717, 1.165) is 26.0 Å². The Kier molecular flexibility index (Phi) is 8.12. The number of carbonyl (C=O) groups is 2. The van der Waals surface area contributed by atoms with Crippen molar-refractivity contribution in [1.82, 2.24) is 15.1 Å². The normalized spacial score (nSPS) is 20.9. The molecule has 1 atom stereocenters. The molecule has 0 bridgehead atoms. The van der Waals surface area contributed by atoms with Crippen molar-refractivity contribution in [3.8, 4) is 0 Å². The molecule has 0 aromatic carbocycles. The highest BCUT2D eigenvalue weighted by Crippen LogP contribution is 2.14. The highest BCUT2D eigenvalue weighted by atomic mass is 16.5. The number of rotatable bonds is 8. The van der Waals surface area contributed by atoms with Gasteiger partial charge in [0.05, 0.1) is 25.3 Å². The Hall–Kier alpha value is -1.18. The summed E-state index contributed by atoms with van der Waals surface area (Å²) in [6, 6.07) is -0.567. The van der Waals surface area contributed by atoms with E-state index in [4.69, 9.17) is 10.5 Å². The second-order valence-corrected chi connectivity index (χ2v) is 7.49. The molecule has 2 heterocycles. The van der Waals surface area contributed by atoms with Crippen molar-refractivity contribution in [2.75, 3.05) is 45.9 Å². The first-order valence-corrected chi connectivity index (χ1v) is 9.62. The number of piperidine rings is 1. The summed E-state index contributed by atoms with van der Waals surface area (Å²) in [4.78, 5) is 28.3. The molecule has 7 nitrogen and oxygen atoms in total. The molecule has 2 fully saturated rings. The Morgan fingerprint density at radius 1 is 1.16 bits per heavy atom. The minimum Gasteiger partial charge on any atom is -0.377 e. The van der Waals surface area contributed by atoms with Crippen LogP contribution in [-0.2, 0) is 14.3 Å². The van der Waals surface area contributed by atoms with E-state index in [1.54, 1.807) is 0 Å². The Morgan fingerprint density at radius 3 is 2.40 bits per heavy atom. The maximum absolute atomic E-state index is 12.2. The average molecular weight is 354 g/mol. The van der Waals surface area contributed by atoms with Crippen molar-refractivity contribution in [3.63, 3.8) is 0 Å². The van der Waals surface area contributed by atoms with Gasteiger partial charge in [-0.3, -0.25) is 9.59 Å². The zero-order valence-corrected chi connectivity index (χ0v) is 15.7. The number of hydrogen-bond donors (Lipinski definition) is 2. The third-order valence-electron chi connectivity index (χ3n) is 5.19. The van der Waals surface area contributed by atoms with E-state index in [1.165, 1.54) is 25.9 Å². The number of amides is 2. The topological polar surface area (TPSA) is 87.9 Å². The maximum Gasteiger partial charge on any atom is 0.241 e. The molecule has 0 radical (unpaired) electrons. The van der Waals surface area contributed by atoms with Crippen LogP contribution in [0.4, 0.5) is 0 Å². The first kappa shape index (κ1) is 20.1. The van der Waals surface area contributed by atoms with Gasteiger partial charge in [-0.05, 0) is 44.7 Å². The summed E-state index contributed by atoms with van der Waals surface area (Å²) in [5.41, 5.74) is 5.78. The molecule has 144 valence electrons. The molecule has 0 unspecified atom stereocenters. The van der Waals surface area contributed by atoms with Crippen LogP contribution in [0.5, 0.6) is 0 Å². The number of nitrogens with two attached hydrogens (primary N) is 1. The van der Waals surface area contributed by atoms with Crippen LogP contribution < -0.4 is 11.1 Å². The van der Waals surface area contributed by atoms with E-state index < -0.39 is 6.04 Å². The molecular weight excluding hydrogens is 320 g/mol. The summed E-state index contributed by atoms with van der Waals surface area (Å²) in [5, 5.41) is 2.65. The monoisotopic (exact) mass is 354 g/mol. The van der Waals surface area contributed by atoms with Gasteiger partial charge >= 0.3 is 0 Å². The summed E-state index contributed by atoms with van der Waals surface area (Å²) in [6.07, 6.45) is 4.59. The third-order valence-corrected chi connectivity index (χ3v) is 5.19. The predicted molar refractivity (Wildman–Crippen MR) is 97.1 cm³/mol. The molecule has 0 spiro atoms. The van der Waals surface area contributed by atoms with Crippen LogP contribution in [0.2, 0.25) is 0 Å². The van der Waals surface area contributed by atoms with Gasteiger partial charge in [-0.15, -0.1) is 0 Å². The van der Waals surface area contributed by atoms with Crippen molar-refractivity contribution in [1.29, 1.82) is 0 Å². The van der Waals surface area contributed by atoms with Crippen LogP contribution in [0.25, 0.3) is 0 Å². The van der Waals surface area contributed by atoms with Crippen molar-refractivity contribution in [2.24, 2.45) is 11.7 Å². The maximum atomic E-state index is 12.2. The van der Waals surface area contributed by atoms with Crippen LogP contribution in [0, 0.1) is 5.92 Å². The molecule has 25 heavy (non-hydrogen) atoms. The molecule has 2 saturated heterocycles.